The van der Waals surface area contributed by atoms with E-state index in [1.165, 1.54) is 0 Å². The maximum Gasteiger partial charge on any atom is 0.0705 e. The largest absolute Gasteiger partial charge is 0.398 e. The molecule has 0 fully saturated rings. The van der Waals surface area contributed by atoms with Gasteiger partial charge < -0.3 is 16.6 Å². The number of benzene rings is 1. The minimum absolute atomic E-state index is 0. The molecule has 3 nitrogen and oxygen atoms in total. The molecule has 0 bridgehead atoms. The van der Waals surface area contributed by atoms with Crippen molar-refractivity contribution in [2.75, 3.05) is 5.73 Å². The van der Waals surface area contributed by atoms with Gasteiger partial charge in [-0.05, 0) is 30.7 Å². The Morgan fingerprint density at radius 3 is 2.50 bits per heavy atom. The summed E-state index contributed by atoms with van der Waals surface area (Å²) in [6.07, 6.45) is -0.638. The molecule has 0 radical (unpaired) electrons. The Bertz CT molecular complexity index is 305. The Morgan fingerprint density at radius 2 is 2.00 bits per heavy atom. The Balaban J connectivity index is 0.00000169. The molecule has 0 saturated heterocycles. The molecule has 0 aliphatic heterocycles. The van der Waals surface area contributed by atoms with E-state index in [0.717, 1.165) is 0 Å². The number of hydrogen-bond acceptors (Lipinski definition) is 3. The highest BCUT2D eigenvalue weighted by Gasteiger charge is 2.14. The summed E-state index contributed by atoms with van der Waals surface area (Å²) in [5.41, 5.74) is 12.6. The summed E-state index contributed by atoms with van der Waals surface area (Å²) in [6.45, 7) is 1.62. The number of anilines is 1. The van der Waals surface area contributed by atoms with E-state index in [1.54, 1.807) is 25.1 Å². The first-order valence-corrected chi connectivity index (χ1v) is 4.38. The van der Waals surface area contributed by atoms with Crippen molar-refractivity contribution in [1.29, 1.82) is 0 Å². The van der Waals surface area contributed by atoms with Crippen LogP contribution in [-0.4, -0.2) is 11.2 Å². The van der Waals surface area contributed by atoms with E-state index in [-0.39, 0.29) is 12.4 Å². The molecule has 0 spiro atoms. The lowest BCUT2D eigenvalue weighted by atomic mass is 10.0. The van der Waals surface area contributed by atoms with Crippen LogP contribution < -0.4 is 11.5 Å². The summed E-state index contributed by atoms with van der Waals surface area (Å²) >= 11 is 5.77. The topological polar surface area (TPSA) is 72.3 Å². The van der Waals surface area contributed by atoms with Crippen molar-refractivity contribution in [3.05, 3.63) is 28.8 Å². The molecule has 1 aromatic carbocycles. The first-order chi connectivity index (χ1) is 6.02. The number of hydrogen-bond donors (Lipinski definition) is 3. The molecular formula is C9H14Cl2N2O. The molecule has 0 unspecified atom stereocenters. The molecule has 1 aromatic rings. The highest BCUT2D eigenvalue weighted by atomic mass is 35.5. The standard InChI is InChI=1S/C9H13ClN2O.ClH/c1-5(13)9(12)7-4-6(10)2-3-8(7)11;/h2-5,9,13H,11-12H2,1H3;1H/t5-,9-;/m1./s1. The number of aliphatic hydroxyl groups is 1. The Kier molecular flexibility index (Phi) is 5.23. The molecule has 0 saturated carbocycles. The monoisotopic (exact) mass is 236 g/mol. The number of nitrogen functional groups attached to an aromatic ring is 1. The molecule has 0 aromatic heterocycles. The van der Waals surface area contributed by atoms with Crippen LogP contribution in [0.1, 0.15) is 18.5 Å². The van der Waals surface area contributed by atoms with Gasteiger partial charge in [-0.3, -0.25) is 0 Å². The second kappa shape index (κ2) is 5.41. The van der Waals surface area contributed by atoms with E-state index in [9.17, 15) is 5.11 Å². The van der Waals surface area contributed by atoms with Gasteiger partial charge in [-0.25, -0.2) is 0 Å². The van der Waals surface area contributed by atoms with Gasteiger partial charge in [0, 0.05) is 10.7 Å². The second-order valence-corrected chi connectivity index (χ2v) is 3.48. The average Bonchev–Trinajstić information content (AvgIpc) is 2.08. The molecule has 2 atom stereocenters. The Labute approximate surface area is 94.5 Å². The fourth-order valence-corrected chi connectivity index (χ4v) is 1.27. The van der Waals surface area contributed by atoms with Crippen molar-refractivity contribution < 1.29 is 5.11 Å². The highest BCUT2D eigenvalue weighted by molar-refractivity contribution is 6.30. The van der Waals surface area contributed by atoms with Gasteiger partial charge in [0.15, 0.2) is 0 Å². The third-order valence-corrected chi connectivity index (χ3v) is 2.16. The van der Waals surface area contributed by atoms with Crippen LogP contribution in [0, 0.1) is 0 Å². The SMILES string of the molecule is C[C@@H](O)[C@@H](N)c1cc(Cl)ccc1N.Cl. The average molecular weight is 237 g/mol. The minimum Gasteiger partial charge on any atom is -0.398 e. The Morgan fingerprint density at radius 1 is 1.43 bits per heavy atom. The molecule has 0 aliphatic rings. The molecule has 5 N–H and O–H groups in total. The lowest BCUT2D eigenvalue weighted by Gasteiger charge is -2.17. The van der Waals surface area contributed by atoms with E-state index in [4.69, 9.17) is 23.1 Å². The van der Waals surface area contributed by atoms with E-state index in [1.807, 2.05) is 0 Å². The quantitative estimate of drug-likeness (QED) is 0.686. The van der Waals surface area contributed by atoms with Gasteiger partial charge in [-0.2, -0.15) is 0 Å². The molecular weight excluding hydrogens is 223 g/mol. The lowest BCUT2D eigenvalue weighted by molar-refractivity contribution is 0.164. The summed E-state index contributed by atoms with van der Waals surface area (Å²) < 4.78 is 0. The zero-order chi connectivity index (χ0) is 10.0. The van der Waals surface area contributed by atoms with Gasteiger partial charge in [-0.15, -0.1) is 12.4 Å². The fraction of sp³-hybridized carbons (Fsp3) is 0.333. The van der Waals surface area contributed by atoms with Gasteiger partial charge in [0.1, 0.15) is 0 Å². The third-order valence-electron chi connectivity index (χ3n) is 1.93. The van der Waals surface area contributed by atoms with E-state index in [2.05, 4.69) is 0 Å². The maximum atomic E-state index is 9.27. The van der Waals surface area contributed by atoms with E-state index in [0.29, 0.717) is 16.3 Å². The summed E-state index contributed by atoms with van der Waals surface area (Å²) in [7, 11) is 0. The summed E-state index contributed by atoms with van der Waals surface area (Å²) in [5, 5.41) is 9.84. The van der Waals surface area contributed by atoms with Gasteiger partial charge >= 0.3 is 0 Å². The van der Waals surface area contributed by atoms with Crippen molar-refractivity contribution in [2.24, 2.45) is 5.73 Å². The number of rotatable bonds is 2. The van der Waals surface area contributed by atoms with Crippen molar-refractivity contribution in [3.63, 3.8) is 0 Å². The van der Waals surface area contributed by atoms with Crippen LogP contribution >= 0.6 is 24.0 Å². The van der Waals surface area contributed by atoms with Gasteiger partial charge in [-0.1, -0.05) is 11.6 Å². The smallest absolute Gasteiger partial charge is 0.0705 e. The fourth-order valence-electron chi connectivity index (χ4n) is 1.09. The molecule has 14 heavy (non-hydrogen) atoms. The van der Waals surface area contributed by atoms with E-state index >= 15 is 0 Å². The van der Waals surface area contributed by atoms with Crippen LogP contribution in [0.3, 0.4) is 0 Å². The maximum absolute atomic E-state index is 9.27. The highest BCUT2D eigenvalue weighted by Crippen LogP contribution is 2.24. The number of halogens is 2. The molecule has 0 heterocycles. The normalized spacial score (nSPS) is 14.3. The Hall–Kier alpha value is -0.480. The van der Waals surface area contributed by atoms with Crippen LogP contribution in [0.25, 0.3) is 0 Å². The molecule has 1 rings (SSSR count). The number of nitrogens with two attached hydrogens (primary N) is 2. The number of aliphatic hydroxyl groups excluding tert-OH is 1. The van der Waals surface area contributed by atoms with Gasteiger partial charge in [0.25, 0.3) is 0 Å². The first-order valence-electron chi connectivity index (χ1n) is 4.01. The van der Waals surface area contributed by atoms with Crippen molar-refractivity contribution >= 4 is 29.7 Å². The molecule has 80 valence electrons. The lowest BCUT2D eigenvalue weighted by Crippen LogP contribution is -2.24. The van der Waals surface area contributed by atoms with Crippen LogP contribution in [-0.2, 0) is 0 Å². The van der Waals surface area contributed by atoms with Crippen LogP contribution in [0.15, 0.2) is 18.2 Å². The van der Waals surface area contributed by atoms with Crippen molar-refractivity contribution in [2.45, 2.75) is 19.1 Å². The summed E-state index contributed by atoms with van der Waals surface area (Å²) in [5.74, 6) is 0. The summed E-state index contributed by atoms with van der Waals surface area (Å²) in [4.78, 5) is 0. The summed E-state index contributed by atoms with van der Waals surface area (Å²) in [6, 6.07) is 4.56. The third kappa shape index (κ3) is 3.03. The molecule has 0 amide bonds. The zero-order valence-corrected chi connectivity index (χ0v) is 9.35. The second-order valence-electron chi connectivity index (χ2n) is 3.04. The molecule has 5 heteroatoms. The van der Waals surface area contributed by atoms with Gasteiger partial charge in [0.05, 0.1) is 12.1 Å². The predicted octanol–water partition coefficient (Wildman–Crippen LogP) is 1.72. The predicted molar refractivity (Wildman–Crippen MR) is 61.7 cm³/mol. The molecule has 0 aliphatic carbocycles. The van der Waals surface area contributed by atoms with Gasteiger partial charge in [0.2, 0.25) is 0 Å². The van der Waals surface area contributed by atoms with Crippen molar-refractivity contribution in [1.82, 2.24) is 0 Å². The first kappa shape index (κ1) is 13.5. The van der Waals surface area contributed by atoms with Crippen LogP contribution in [0.4, 0.5) is 5.69 Å². The van der Waals surface area contributed by atoms with Crippen LogP contribution in [0.2, 0.25) is 5.02 Å². The zero-order valence-electron chi connectivity index (χ0n) is 7.77. The van der Waals surface area contributed by atoms with Crippen molar-refractivity contribution in [3.8, 4) is 0 Å². The minimum atomic E-state index is -0.638. The van der Waals surface area contributed by atoms with E-state index < -0.39 is 12.1 Å². The van der Waals surface area contributed by atoms with Crippen LogP contribution in [0.5, 0.6) is 0 Å².